The Morgan fingerprint density at radius 3 is 2.08 bits per heavy atom. The summed E-state index contributed by atoms with van der Waals surface area (Å²) in [6.07, 6.45) is 2.48. The van der Waals surface area contributed by atoms with Gasteiger partial charge in [0.2, 0.25) is 0 Å². The first kappa shape index (κ1) is 25.5. The van der Waals surface area contributed by atoms with Crippen LogP contribution in [-0.4, -0.2) is 37.5 Å². The van der Waals surface area contributed by atoms with Gasteiger partial charge in [0.25, 0.3) is 0 Å². The molecule has 4 rings (SSSR count). The minimum Gasteiger partial charge on any atom is -0.456 e. The number of amides is 1. The van der Waals surface area contributed by atoms with Crippen molar-refractivity contribution in [2.24, 2.45) is 5.92 Å². The number of hydrogen-bond acceptors (Lipinski definition) is 7. The van der Waals surface area contributed by atoms with E-state index in [1.54, 1.807) is 30.3 Å². The molecule has 0 saturated carbocycles. The van der Waals surface area contributed by atoms with Crippen molar-refractivity contribution in [1.82, 2.24) is 14.0 Å². The largest absolute Gasteiger partial charge is 0.456 e. The summed E-state index contributed by atoms with van der Waals surface area (Å²) in [5.74, 6) is -0.481. The molecule has 1 aliphatic rings. The van der Waals surface area contributed by atoms with Gasteiger partial charge in [-0.05, 0) is 61.0 Å². The molecular formula is C26H29N3O6S. The highest BCUT2D eigenvalue weighted by Crippen LogP contribution is 2.23. The van der Waals surface area contributed by atoms with E-state index in [4.69, 9.17) is 9.47 Å². The molecule has 2 heterocycles. The molecule has 2 N–H and O–H groups in total. The Hall–Kier alpha value is -3.63. The summed E-state index contributed by atoms with van der Waals surface area (Å²) in [6.45, 7) is 1.63. The smallest absolute Gasteiger partial charge is 0.422 e. The highest BCUT2D eigenvalue weighted by molar-refractivity contribution is 7.88. The third kappa shape index (κ3) is 6.73. The lowest BCUT2D eigenvalue weighted by Crippen LogP contribution is -2.37. The van der Waals surface area contributed by atoms with Crippen LogP contribution < -0.4 is 10.0 Å². The Kier molecular flexibility index (Phi) is 8.40. The Bertz CT molecular complexity index is 1270. The maximum Gasteiger partial charge on any atom is 0.422 e. The van der Waals surface area contributed by atoms with Crippen LogP contribution in [0.5, 0.6) is 0 Å². The van der Waals surface area contributed by atoms with Crippen molar-refractivity contribution >= 4 is 22.3 Å². The van der Waals surface area contributed by atoms with Crippen LogP contribution in [0.15, 0.2) is 72.9 Å². The number of benzene rings is 2. The number of carbonyl (C=O) groups is 2. The molecule has 0 spiro atoms. The highest BCUT2D eigenvalue weighted by Gasteiger charge is 2.29. The minimum absolute atomic E-state index is 0.00969. The second-order valence-corrected chi connectivity index (χ2v) is 10.2. The average molecular weight is 512 g/mol. The molecule has 0 aliphatic carbocycles. The van der Waals surface area contributed by atoms with E-state index in [1.807, 2.05) is 41.1 Å². The van der Waals surface area contributed by atoms with E-state index < -0.39 is 22.3 Å². The van der Waals surface area contributed by atoms with Crippen molar-refractivity contribution in [1.29, 1.82) is 0 Å². The monoisotopic (exact) mass is 511 g/mol. The maximum atomic E-state index is 13.1. The third-order valence-electron chi connectivity index (χ3n) is 5.99. The second kappa shape index (κ2) is 11.9. The van der Waals surface area contributed by atoms with Crippen LogP contribution in [0, 0.1) is 5.92 Å². The van der Waals surface area contributed by atoms with Gasteiger partial charge in [0.15, 0.2) is 0 Å². The first-order valence-corrected chi connectivity index (χ1v) is 13.2. The van der Waals surface area contributed by atoms with E-state index in [9.17, 15) is 18.0 Å². The summed E-state index contributed by atoms with van der Waals surface area (Å²) in [5.41, 5.74) is 1.92. The lowest BCUT2D eigenvalue weighted by Gasteiger charge is -2.22. The fraction of sp³-hybridized carbons (Fsp3) is 0.308. The molecule has 10 heteroatoms. The number of carbonyl (C=O) groups excluding carboxylic acids is 2. The van der Waals surface area contributed by atoms with Gasteiger partial charge in [0.05, 0.1) is 0 Å². The van der Waals surface area contributed by atoms with Gasteiger partial charge in [-0.15, -0.1) is 0 Å². The van der Waals surface area contributed by atoms with E-state index in [0.29, 0.717) is 23.5 Å². The minimum atomic E-state index is -4.46. The van der Waals surface area contributed by atoms with Crippen molar-refractivity contribution in [3.8, 4) is 0 Å². The van der Waals surface area contributed by atoms with Crippen LogP contribution in [0.4, 0.5) is 4.79 Å². The molecule has 1 fully saturated rings. The first-order valence-electron chi connectivity index (χ1n) is 11.8. The van der Waals surface area contributed by atoms with Gasteiger partial charge < -0.3 is 14.8 Å². The lowest BCUT2D eigenvalue weighted by atomic mass is 9.91. The van der Waals surface area contributed by atoms with Crippen LogP contribution in [-0.2, 0) is 39.3 Å². The molecule has 190 valence electrons. The van der Waals surface area contributed by atoms with Crippen molar-refractivity contribution in [3.05, 3.63) is 95.3 Å². The Labute approximate surface area is 210 Å². The van der Waals surface area contributed by atoms with Crippen LogP contribution in [0.3, 0.4) is 0 Å². The number of ether oxygens (including phenoxy) is 2. The van der Waals surface area contributed by atoms with Gasteiger partial charge in [-0.3, -0.25) is 0 Å². The predicted octanol–water partition coefficient (Wildman–Crippen LogP) is 3.41. The summed E-state index contributed by atoms with van der Waals surface area (Å²) >= 11 is 0. The summed E-state index contributed by atoms with van der Waals surface area (Å²) < 4.78 is 39.4. The first-order chi connectivity index (χ1) is 17.4. The molecule has 1 aromatic heterocycles. The maximum absolute atomic E-state index is 13.1. The number of esters is 1. The predicted molar refractivity (Wildman–Crippen MR) is 133 cm³/mol. The fourth-order valence-corrected chi connectivity index (χ4v) is 5.16. The van der Waals surface area contributed by atoms with Crippen LogP contribution in [0.2, 0.25) is 0 Å². The molecule has 0 atom stereocenters. The molecule has 0 radical (unpaired) electrons. The summed E-state index contributed by atoms with van der Waals surface area (Å²) in [5, 5.41) is 3.30. The molecule has 0 bridgehead atoms. The Morgan fingerprint density at radius 1 is 0.889 bits per heavy atom. The van der Waals surface area contributed by atoms with Crippen LogP contribution >= 0.6 is 0 Å². The van der Waals surface area contributed by atoms with Gasteiger partial charge in [0.1, 0.15) is 18.9 Å². The van der Waals surface area contributed by atoms with Gasteiger partial charge >= 0.3 is 22.3 Å². The summed E-state index contributed by atoms with van der Waals surface area (Å²) in [4.78, 5) is 25.4. The van der Waals surface area contributed by atoms with E-state index in [2.05, 4.69) is 5.32 Å². The standard InChI is InChI=1S/C26H29N3O6S/c30-25(34-18-21-7-3-1-4-8-21)24-23(17-20-11-14-27-15-12-20)13-16-29(24)36(32,33)28-26(31)35-19-22-9-5-2-6-10-22/h1-10,13,16,20,27H,11-12,14-15,17-19H2,(H,28,31). The molecule has 3 aromatic rings. The van der Waals surface area contributed by atoms with Gasteiger partial charge in [-0.1, -0.05) is 60.7 Å². The van der Waals surface area contributed by atoms with E-state index >= 15 is 0 Å². The Balaban J connectivity index is 1.52. The quantitative estimate of drug-likeness (QED) is 0.423. The normalized spacial score (nSPS) is 14.2. The zero-order valence-electron chi connectivity index (χ0n) is 19.8. The third-order valence-corrected chi connectivity index (χ3v) is 7.24. The zero-order chi connectivity index (χ0) is 25.4. The van der Waals surface area contributed by atoms with E-state index in [-0.39, 0.29) is 18.9 Å². The number of hydrogen-bond donors (Lipinski definition) is 2. The number of nitrogens with zero attached hydrogens (tertiary/aromatic N) is 1. The second-order valence-electron chi connectivity index (χ2n) is 8.61. The zero-order valence-corrected chi connectivity index (χ0v) is 20.6. The topological polar surface area (TPSA) is 116 Å². The van der Waals surface area contributed by atoms with Crippen molar-refractivity contribution < 1.29 is 27.5 Å². The summed E-state index contributed by atoms with van der Waals surface area (Å²) in [6, 6.07) is 19.6. The lowest BCUT2D eigenvalue weighted by molar-refractivity contribution is 0.0462. The van der Waals surface area contributed by atoms with Crippen molar-refractivity contribution in [2.75, 3.05) is 13.1 Å². The van der Waals surface area contributed by atoms with Crippen LogP contribution in [0.25, 0.3) is 0 Å². The fourth-order valence-electron chi connectivity index (χ4n) is 4.13. The molecule has 0 unspecified atom stereocenters. The molecule has 1 amide bonds. The van der Waals surface area contributed by atoms with Crippen molar-refractivity contribution in [3.63, 3.8) is 0 Å². The van der Waals surface area contributed by atoms with Gasteiger partial charge in [0, 0.05) is 6.20 Å². The Morgan fingerprint density at radius 2 is 1.47 bits per heavy atom. The van der Waals surface area contributed by atoms with Crippen LogP contribution in [0.1, 0.15) is 40.0 Å². The van der Waals surface area contributed by atoms with Gasteiger partial charge in [-0.25, -0.2) is 18.3 Å². The number of nitrogens with one attached hydrogen (secondary N) is 2. The molecule has 36 heavy (non-hydrogen) atoms. The molecule has 1 saturated heterocycles. The van der Waals surface area contributed by atoms with Gasteiger partial charge in [-0.2, -0.15) is 8.42 Å². The van der Waals surface area contributed by atoms with E-state index in [0.717, 1.165) is 35.5 Å². The average Bonchev–Trinajstić information content (AvgIpc) is 3.32. The number of piperidine rings is 1. The molecule has 9 nitrogen and oxygen atoms in total. The van der Waals surface area contributed by atoms with Crippen molar-refractivity contribution in [2.45, 2.75) is 32.5 Å². The highest BCUT2D eigenvalue weighted by atomic mass is 32.2. The molecular weight excluding hydrogens is 482 g/mol. The molecule has 1 aliphatic heterocycles. The number of aromatic nitrogens is 1. The summed E-state index contributed by atoms with van der Waals surface area (Å²) in [7, 11) is -4.46. The SMILES string of the molecule is O=C(NS(=O)(=O)n1ccc(CC2CCNCC2)c1C(=O)OCc1ccccc1)OCc1ccccc1. The van der Waals surface area contributed by atoms with E-state index in [1.165, 1.54) is 6.20 Å². The molecule has 2 aromatic carbocycles. The number of rotatable bonds is 9.